The van der Waals surface area contributed by atoms with Crippen LogP contribution in [0.4, 0.5) is 0 Å². The molecule has 0 aromatic carbocycles. The molecule has 3 unspecified atom stereocenters. The van der Waals surface area contributed by atoms with Gasteiger partial charge in [-0.05, 0) is 18.8 Å². The lowest BCUT2D eigenvalue weighted by molar-refractivity contribution is -0.178. The molecular formula is C11H24BO3P. The van der Waals surface area contributed by atoms with Crippen molar-refractivity contribution in [2.45, 2.75) is 45.9 Å². The van der Waals surface area contributed by atoms with Crippen LogP contribution >= 0.6 is 9.12 Å². The molecule has 1 rings (SSSR count). The number of hydrogen-bond acceptors (Lipinski definition) is 3. The van der Waals surface area contributed by atoms with E-state index in [9.17, 15) is 0 Å². The van der Waals surface area contributed by atoms with E-state index < -0.39 is 0 Å². The third kappa shape index (κ3) is 3.43. The summed E-state index contributed by atoms with van der Waals surface area (Å²) < 4.78 is 17.1. The molecule has 0 spiro atoms. The zero-order chi connectivity index (χ0) is 12.3. The van der Waals surface area contributed by atoms with Gasteiger partial charge < -0.3 is 14.1 Å². The highest BCUT2D eigenvalue weighted by Crippen LogP contribution is 2.32. The minimum atomic E-state index is 0.143. The lowest BCUT2D eigenvalue weighted by Crippen LogP contribution is -2.50. The molecule has 0 bridgehead atoms. The molecule has 0 radical (unpaired) electrons. The molecule has 0 aliphatic carbocycles. The van der Waals surface area contributed by atoms with E-state index in [4.69, 9.17) is 14.1 Å². The molecule has 16 heavy (non-hydrogen) atoms. The third-order valence-corrected chi connectivity index (χ3v) is 3.77. The molecular weight excluding hydrogens is 222 g/mol. The maximum atomic E-state index is 5.96. The van der Waals surface area contributed by atoms with Crippen LogP contribution < -0.4 is 0 Å². The predicted molar refractivity (Wildman–Crippen MR) is 70.7 cm³/mol. The molecule has 0 amide bonds. The first-order chi connectivity index (χ1) is 7.47. The van der Waals surface area contributed by atoms with Crippen molar-refractivity contribution in [2.24, 2.45) is 11.8 Å². The fourth-order valence-electron chi connectivity index (χ4n) is 2.39. The summed E-state index contributed by atoms with van der Waals surface area (Å²) in [7, 11) is 4.40. The Kier molecular flexibility index (Phi) is 5.73. The fourth-order valence-corrected chi connectivity index (χ4v) is 2.50. The zero-order valence-electron chi connectivity index (χ0n) is 11.0. The van der Waals surface area contributed by atoms with Gasteiger partial charge in [0.25, 0.3) is 0 Å². The van der Waals surface area contributed by atoms with Gasteiger partial charge in [-0.3, -0.25) is 0 Å². The van der Waals surface area contributed by atoms with Crippen LogP contribution in [0.3, 0.4) is 0 Å². The van der Waals surface area contributed by atoms with E-state index in [-0.39, 0.29) is 24.9 Å². The molecule has 1 heterocycles. The highest BCUT2D eigenvalue weighted by molar-refractivity contribution is 7.60. The molecule has 0 N–H and O–H groups in total. The normalized spacial score (nSPS) is 39.8. The summed E-state index contributed by atoms with van der Waals surface area (Å²) in [5.74, 6) is 0.965. The summed E-state index contributed by atoms with van der Waals surface area (Å²) in [6, 6.07) is 0. The van der Waals surface area contributed by atoms with Crippen LogP contribution in [-0.4, -0.2) is 38.7 Å². The van der Waals surface area contributed by atoms with Crippen molar-refractivity contribution < 1.29 is 14.1 Å². The Morgan fingerprint density at radius 1 is 1.25 bits per heavy atom. The van der Waals surface area contributed by atoms with E-state index in [0.717, 1.165) is 0 Å². The first-order valence-corrected chi connectivity index (χ1v) is 6.69. The number of rotatable bonds is 4. The summed E-state index contributed by atoms with van der Waals surface area (Å²) in [6.07, 6.45) is 0.517. The quantitative estimate of drug-likeness (QED) is 0.561. The van der Waals surface area contributed by atoms with Gasteiger partial charge in [-0.25, -0.2) is 0 Å². The van der Waals surface area contributed by atoms with E-state index in [2.05, 4.69) is 29.9 Å². The van der Waals surface area contributed by atoms with Crippen LogP contribution in [0.15, 0.2) is 0 Å². The van der Waals surface area contributed by atoms with Crippen LogP contribution in [0.1, 0.15) is 20.8 Å². The minimum absolute atomic E-state index is 0.143. The van der Waals surface area contributed by atoms with Crippen LogP contribution in [0.2, 0.25) is 6.82 Å². The van der Waals surface area contributed by atoms with E-state index in [1.807, 2.05) is 6.82 Å². The Hall–Kier alpha value is 0.375. The Morgan fingerprint density at radius 3 is 2.38 bits per heavy atom. The van der Waals surface area contributed by atoms with Gasteiger partial charge in [0.05, 0.1) is 24.9 Å². The standard InChI is InChI=1S/C11H24BO3P/c1-7-8(2)11(13-5)9(3)15-10(7)6-14-12(4)16/h7-11H,6,16H2,1-5H3/t7-,8+,9+,10?,11?/m1/s1. The monoisotopic (exact) mass is 246 g/mol. The number of hydrogen-bond donors (Lipinski definition) is 0. The highest BCUT2D eigenvalue weighted by Gasteiger charge is 2.39. The third-order valence-electron chi connectivity index (χ3n) is 3.58. The molecule has 1 fully saturated rings. The molecule has 3 nitrogen and oxygen atoms in total. The van der Waals surface area contributed by atoms with Gasteiger partial charge in [-0.2, -0.15) is 0 Å². The van der Waals surface area contributed by atoms with Gasteiger partial charge in [-0.15, -0.1) is 9.12 Å². The minimum Gasteiger partial charge on any atom is -0.429 e. The van der Waals surface area contributed by atoms with Crippen molar-refractivity contribution in [1.82, 2.24) is 0 Å². The van der Waals surface area contributed by atoms with Gasteiger partial charge in [0.1, 0.15) is 0 Å². The molecule has 6 atom stereocenters. The van der Waals surface area contributed by atoms with E-state index in [1.54, 1.807) is 7.11 Å². The average Bonchev–Trinajstić information content (AvgIpc) is 2.22. The highest BCUT2D eigenvalue weighted by atomic mass is 31.0. The smallest absolute Gasteiger partial charge is 0.311 e. The fraction of sp³-hybridized carbons (Fsp3) is 1.00. The molecule has 1 aliphatic rings. The Balaban J connectivity index is 2.55. The van der Waals surface area contributed by atoms with Crippen LogP contribution in [0.5, 0.6) is 0 Å². The summed E-state index contributed by atoms with van der Waals surface area (Å²) in [5, 5.41) is 0. The Labute approximate surface area is 102 Å². The van der Waals surface area contributed by atoms with Gasteiger partial charge in [0.2, 0.25) is 0 Å². The maximum Gasteiger partial charge on any atom is 0.311 e. The topological polar surface area (TPSA) is 27.7 Å². The second-order valence-electron chi connectivity index (χ2n) is 4.84. The Morgan fingerprint density at radius 2 is 1.88 bits per heavy atom. The van der Waals surface area contributed by atoms with Crippen molar-refractivity contribution in [3.63, 3.8) is 0 Å². The maximum absolute atomic E-state index is 5.96. The SMILES string of the molecule is COC1[C@H](C)OC(COB(C)P)[C@H](C)[C@@H]1C. The summed E-state index contributed by atoms with van der Waals surface area (Å²) >= 11 is 0. The van der Waals surface area contributed by atoms with Crippen molar-refractivity contribution in [2.75, 3.05) is 13.7 Å². The van der Waals surface area contributed by atoms with E-state index in [1.165, 1.54) is 0 Å². The molecule has 94 valence electrons. The second kappa shape index (κ2) is 6.35. The molecule has 5 heteroatoms. The zero-order valence-corrected chi connectivity index (χ0v) is 12.1. The lowest BCUT2D eigenvalue weighted by atomic mass is 9.81. The number of methoxy groups -OCH3 is 1. The van der Waals surface area contributed by atoms with Gasteiger partial charge in [0, 0.05) is 7.11 Å². The molecule has 0 aromatic heterocycles. The molecule has 1 aliphatic heterocycles. The summed E-state index contributed by atoms with van der Waals surface area (Å²) in [6.45, 7) is 9.38. The predicted octanol–water partition coefficient (Wildman–Crippen LogP) is 2.07. The van der Waals surface area contributed by atoms with Crippen molar-refractivity contribution in [3.05, 3.63) is 0 Å². The Bertz CT molecular complexity index is 215. The largest absolute Gasteiger partial charge is 0.429 e. The number of ether oxygens (including phenoxy) is 2. The van der Waals surface area contributed by atoms with Crippen molar-refractivity contribution in [1.29, 1.82) is 0 Å². The van der Waals surface area contributed by atoms with Gasteiger partial charge in [0.15, 0.2) is 0 Å². The van der Waals surface area contributed by atoms with Crippen LogP contribution in [-0.2, 0) is 14.1 Å². The van der Waals surface area contributed by atoms with Crippen LogP contribution in [0, 0.1) is 11.8 Å². The lowest BCUT2D eigenvalue weighted by Gasteiger charge is -2.43. The van der Waals surface area contributed by atoms with Crippen LogP contribution in [0.25, 0.3) is 0 Å². The van der Waals surface area contributed by atoms with E-state index in [0.29, 0.717) is 18.4 Å². The summed E-state index contributed by atoms with van der Waals surface area (Å²) in [4.78, 5) is 0. The molecule has 0 saturated carbocycles. The van der Waals surface area contributed by atoms with Gasteiger partial charge in [-0.1, -0.05) is 20.7 Å². The van der Waals surface area contributed by atoms with Crippen molar-refractivity contribution >= 4 is 15.8 Å². The van der Waals surface area contributed by atoms with Crippen molar-refractivity contribution in [3.8, 4) is 0 Å². The van der Waals surface area contributed by atoms with Gasteiger partial charge >= 0.3 is 6.64 Å². The first kappa shape index (κ1) is 14.4. The first-order valence-electron chi connectivity index (χ1n) is 6.02. The molecule has 1 saturated heterocycles. The van der Waals surface area contributed by atoms with E-state index >= 15 is 0 Å². The molecule has 0 aromatic rings. The average molecular weight is 246 g/mol. The summed E-state index contributed by atoms with van der Waals surface area (Å²) in [5.41, 5.74) is 0. The second-order valence-corrected chi connectivity index (χ2v) is 5.78.